The molecule has 0 amide bonds. The summed E-state index contributed by atoms with van der Waals surface area (Å²) in [6, 6.07) is 12.5. The molecule has 0 aliphatic carbocycles. The molecule has 2 heterocycles. The van der Waals surface area contributed by atoms with E-state index < -0.39 is 0 Å². The maximum atomic E-state index is 4.34. The van der Waals surface area contributed by atoms with Crippen molar-refractivity contribution in [2.24, 2.45) is 0 Å². The van der Waals surface area contributed by atoms with Gasteiger partial charge in [-0.1, -0.05) is 24.3 Å². The lowest BCUT2D eigenvalue weighted by Gasteiger charge is -2.04. The van der Waals surface area contributed by atoms with Gasteiger partial charge in [0.1, 0.15) is 0 Å². The van der Waals surface area contributed by atoms with Gasteiger partial charge in [0, 0.05) is 30.4 Å². The molecule has 3 aromatic rings. The molecule has 0 aliphatic heterocycles. The van der Waals surface area contributed by atoms with Crippen molar-refractivity contribution < 1.29 is 0 Å². The van der Waals surface area contributed by atoms with Crippen LogP contribution in [0.2, 0.25) is 0 Å². The average Bonchev–Trinajstić information content (AvgIpc) is 2.50. The number of rotatable bonds is 3. The second-order valence-corrected chi connectivity index (χ2v) is 4.81. The van der Waals surface area contributed by atoms with Gasteiger partial charge in [-0.15, -0.1) is 0 Å². The Labute approximate surface area is 118 Å². The van der Waals surface area contributed by atoms with Gasteiger partial charge in [0.15, 0.2) is 5.82 Å². The van der Waals surface area contributed by atoms with Crippen LogP contribution in [0.1, 0.15) is 16.7 Å². The predicted molar refractivity (Wildman–Crippen MR) is 79.2 cm³/mol. The number of aromatic nitrogens is 3. The van der Waals surface area contributed by atoms with Gasteiger partial charge in [-0.25, -0.2) is 9.97 Å². The molecule has 20 heavy (non-hydrogen) atoms. The molecule has 2 aromatic heterocycles. The Morgan fingerprint density at radius 3 is 2.05 bits per heavy atom. The monoisotopic (exact) mass is 261 g/mol. The number of hydrogen-bond acceptors (Lipinski definition) is 3. The zero-order chi connectivity index (χ0) is 13.8. The van der Waals surface area contributed by atoms with E-state index in [0.29, 0.717) is 0 Å². The molecule has 0 radical (unpaired) electrons. The first-order valence-electron chi connectivity index (χ1n) is 6.58. The average molecular weight is 261 g/mol. The van der Waals surface area contributed by atoms with Gasteiger partial charge < -0.3 is 0 Å². The molecule has 3 rings (SSSR count). The summed E-state index contributed by atoms with van der Waals surface area (Å²) in [6.07, 6.45) is 8.24. The van der Waals surface area contributed by atoms with Crippen molar-refractivity contribution in [2.75, 3.05) is 0 Å². The second-order valence-electron chi connectivity index (χ2n) is 4.81. The van der Waals surface area contributed by atoms with Gasteiger partial charge in [-0.3, -0.25) is 4.98 Å². The Morgan fingerprint density at radius 2 is 1.40 bits per heavy atom. The zero-order valence-electron chi connectivity index (χ0n) is 11.3. The van der Waals surface area contributed by atoms with Crippen LogP contribution >= 0.6 is 0 Å². The van der Waals surface area contributed by atoms with E-state index in [1.54, 1.807) is 0 Å². The summed E-state index contributed by atoms with van der Waals surface area (Å²) in [5.74, 6) is 0.770. The summed E-state index contributed by atoms with van der Waals surface area (Å²) in [5.41, 5.74) is 4.65. The Hall–Kier alpha value is -2.55. The minimum Gasteiger partial charge on any atom is -0.265 e. The van der Waals surface area contributed by atoms with Crippen LogP contribution in [0.25, 0.3) is 11.4 Å². The van der Waals surface area contributed by atoms with Crippen molar-refractivity contribution in [3.8, 4) is 11.4 Å². The molecule has 0 saturated heterocycles. The quantitative estimate of drug-likeness (QED) is 0.725. The van der Waals surface area contributed by atoms with Crippen molar-refractivity contribution in [3.05, 3.63) is 77.9 Å². The van der Waals surface area contributed by atoms with Crippen LogP contribution < -0.4 is 0 Å². The van der Waals surface area contributed by atoms with Crippen molar-refractivity contribution >= 4 is 0 Å². The standard InChI is InChI=1S/C17H15N3/c1-13-11-19-17(20-12-13)16-4-2-14(3-5-16)10-15-6-8-18-9-7-15/h2-9,11-12H,10H2,1H3. The van der Waals surface area contributed by atoms with Crippen LogP contribution in [-0.2, 0) is 6.42 Å². The van der Waals surface area contributed by atoms with Gasteiger partial charge in [0.25, 0.3) is 0 Å². The molecule has 3 nitrogen and oxygen atoms in total. The van der Waals surface area contributed by atoms with E-state index in [1.165, 1.54) is 11.1 Å². The molecule has 3 heteroatoms. The van der Waals surface area contributed by atoms with E-state index >= 15 is 0 Å². The largest absolute Gasteiger partial charge is 0.265 e. The number of benzene rings is 1. The third-order valence-electron chi connectivity index (χ3n) is 3.15. The maximum absolute atomic E-state index is 4.34. The molecule has 0 unspecified atom stereocenters. The van der Waals surface area contributed by atoms with Crippen LogP contribution in [-0.4, -0.2) is 15.0 Å². The first-order valence-corrected chi connectivity index (χ1v) is 6.58. The molecule has 0 aliphatic rings. The molecular formula is C17H15N3. The van der Waals surface area contributed by atoms with Crippen LogP contribution in [0, 0.1) is 6.92 Å². The van der Waals surface area contributed by atoms with E-state index in [4.69, 9.17) is 0 Å². The van der Waals surface area contributed by atoms with Crippen LogP contribution in [0.4, 0.5) is 0 Å². The number of aryl methyl sites for hydroxylation is 1. The Morgan fingerprint density at radius 1 is 0.800 bits per heavy atom. The third kappa shape index (κ3) is 2.88. The molecule has 0 bridgehead atoms. The van der Waals surface area contributed by atoms with E-state index in [0.717, 1.165) is 23.4 Å². The highest BCUT2D eigenvalue weighted by atomic mass is 14.9. The molecule has 1 aromatic carbocycles. The van der Waals surface area contributed by atoms with Crippen molar-refractivity contribution in [2.45, 2.75) is 13.3 Å². The van der Waals surface area contributed by atoms with Crippen LogP contribution in [0.15, 0.2) is 61.2 Å². The lowest BCUT2D eigenvalue weighted by atomic mass is 10.0. The highest BCUT2D eigenvalue weighted by Gasteiger charge is 2.01. The molecule has 0 saturated carbocycles. The molecule has 0 fully saturated rings. The summed E-state index contributed by atoms with van der Waals surface area (Å²) < 4.78 is 0. The zero-order valence-corrected chi connectivity index (χ0v) is 11.3. The van der Waals surface area contributed by atoms with Crippen LogP contribution in [0.5, 0.6) is 0 Å². The summed E-state index contributed by atoms with van der Waals surface area (Å²) in [5, 5.41) is 0. The first kappa shape index (κ1) is 12.5. The summed E-state index contributed by atoms with van der Waals surface area (Å²) in [7, 11) is 0. The molecule has 0 spiro atoms. The van der Waals surface area contributed by atoms with Crippen molar-refractivity contribution in [1.82, 2.24) is 15.0 Å². The fourth-order valence-electron chi connectivity index (χ4n) is 2.05. The predicted octanol–water partition coefficient (Wildman–Crippen LogP) is 3.44. The molecule has 98 valence electrons. The van der Waals surface area contributed by atoms with Gasteiger partial charge in [0.05, 0.1) is 0 Å². The molecule has 0 atom stereocenters. The Bertz CT molecular complexity index is 674. The minimum absolute atomic E-state index is 0.770. The third-order valence-corrected chi connectivity index (χ3v) is 3.15. The van der Waals surface area contributed by atoms with Crippen molar-refractivity contribution in [1.29, 1.82) is 0 Å². The Balaban J connectivity index is 1.79. The summed E-state index contributed by atoms with van der Waals surface area (Å²) in [6.45, 7) is 1.99. The van der Waals surface area contributed by atoms with E-state index in [1.807, 2.05) is 43.8 Å². The van der Waals surface area contributed by atoms with Gasteiger partial charge >= 0.3 is 0 Å². The summed E-state index contributed by atoms with van der Waals surface area (Å²) >= 11 is 0. The SMILES string of the molecule is Cc1cnc(-c2ccc(Cc3ccncc3)cc2)nc1. The number of pyridine rings is 1. The fraction of sp³-hybridized carbons (Fsp3) is 0.118. The molecular weight excluding hydrogens is 246 g/mol. The normalized spacial score (nSPS) is 10.4. The number of nitrogens with zero attached hydrogens (tertiary/aromatic N) is 3. The summed E-state index contributed by atoms with van der Waals surface area (Å²) in [4.78, 5) is 12.7. The van der Waals surface area contributed by atoms with Crippen molar-refractivity contribution in [3.63, 3.8) is 0 Å². The maximum Gasteiger partial charge on any atom is 0.159 e. The number of hydrogen-bond donors (Lipinski definition) is 0. The van der Waals surface area contributed by atoms with Gasteiger partial charge in [0.2, 0.25) is 0 Å². The van der Waals surface area contributed by atoms with Crippen LogP contribution in [0.3, 0.4) is 0 Å². The Kier molecular flexibility index (Phi) is 3.50. The topological polar surface area (TPSA) is 38.7 Å². The highest BCUT2D eigenvalue weighted by Crippen LogP contribution is 2.17. The lowest BCUT2D eigenvalue weighted by molar-refractivity contribution is 1.13. The lowest BCUT2D eigenvalue weighted by Crippen LogP contribution is -1.91. The van der Waals surface area contributed by atoms with E-state index in [9.17, 15) is 0 Å². The van der Waals surface area contributed by atoms with E-state index in [-0.39, 0.29) is 0 Å². The second kappa shape index (κ2) is 5.61. The van der Waals surface area contributed by atoms with Gasteiger partial charge in [-0.05, 0) is 42.2 Å². The smallest absolute Gasteiger partial charge is 0.159 e. The molecule has 0 N–H and O–H groups in total. The first-order chi connectivity index (χ1) is 9.81. The fourth-order valence-corrected chi connectivity index (χ4v) is 2.05. The minimum atomic E-state index is 0.770. The van der Waals surface area contributed by atoms with Gasteiger partial charge in [-0.2, -0.15) is 0 Å². The van der Waals surface area contributed by atoms with E-state index in [2.05, 4.69) is 39.2 Å². The highest BCUT2D eigenvalue weighted by molar-refractivity contribution is 5.55.